The Bertz CT molecular complexity index is 1310. The predicted molar refractivity (Wildman–Crippen MR) is 120 cm³/mol. The lowest BCUT2D eigenvalue weighted by Gasteiger charge is -2.43. The van der Waals surface area contributed by atoms with Gasteiger partial charge in [0, 0.05) is 12.5 Å². The van der Waals surface area contributed by atoms with E-state index in [-0.39, 0.29) is 19.1 Å². The zero-order valence-electron chi connectivity index (χ0n) is 19.0. The van der Waals surface area contributed by atoms with Crippen LogP contribution < -0.4 is 23.5 Å². The maximum Gasteiger partial charge on any atom is 0.262 e. The Kier molecular flexibility index (Phi) is 5.24. The van der Waals surface area contributed by atoms with E-state index in [2.05, 4.69) is 4.57 Å². The van der Waals surface area contributed by atoms with E-state index < -0.39 is 30.7 Å². The summed E-state index contributed by atoms with van der Waals surface area (Å²) in [5.41, 5.74) is 3.22. The SMILES string of the molecule is COc1ccc2cc3[n+](cc2c1O[C@]1(CO)OC[C@@H](O)[C@@H](O)[C@@H]1O)CCc1cc2c(cc1-3)OCO2. The lowest BCUT2D eigenvalue weighted by Crippen LogP contribution is -2.65. The number of benzene rings is 2. The first-order chi connectivity index (χ1) is 16.9. The molecule has 1 saturated heterocycles. The molecule has 4 heterocycles. The Hall–Kier alpha value is -3.15. The van der Waals surface area contributed by atoms with Crippen molar-refractivity contribution < 1.29 is 48.7 Å². The van der Waals surface area contributed by atoms with Crippen molar-refractivity contribution in [1.82, 2.24) is 0 Å². The van der Waals surface area contributed by atoms with Gasteiger partial charge >= 0.3 is 0 Å². The molecule has 10 nitrogen and oxygen atoms in total. The number of aromatic nitrogens is 1. The fourth-order valence-electron chi connectivity index (χ4n) is 4.98. The standard InChI is InChI=1S/C25H26NO9/c1-31-19-3-2-13-6-17-15-8-21-20(32-12-33-21)7-14(15)4-5-26(17)9-16(13)23(19)35-25(11-27)24(30)22(29)18(28)10-34-25/h2-3,6-9,18,22,24,27-30H,4-5,10-12H2,1H3/q+1/t18-,22-,24+,25+/m1/s1. The zero-order chi connectivity index (χ0) is 24.3. The van der Waals surface area contributed by atoms with Crippen molar-refractivity contribution in [2.75, 3.05) is 27.1 Å². The number of methoxy groups -OCH3 is 1. The summed E-state index contributed by atoms with van der Waals surface area (Å²) in [4.78, 5) is 0. The van der Waals surface area contributed by atoms with Crippen LogP contribution in [0.25, 0.3) is 22.0 Å². The molecule has 4 N–H and O–H groups in total. The molecule has 10 heteroatoms. The monoisotopic (exact) mass is 484 g/mol. The van der Waals surface area contributed by atoms with Crippen LogP contribution in [0.3, 0.4) is 0 Å². The van der Waals surface area contributed by atoms with Gasteiger partial charge in [-0.05, 0) is 35.2 Å². The third kappa shape index (κ3) is 3.40. The first-order valence-corrected chi connectivity index (χ1v) is 11.4. The number of hydrogen-bond acceptors (Lipinski definition) is 9. The molecule has 0 amide bonds. The minimum atomic E-state index is -1.98. The summed E-state index contributed by atoms with van der Waals surface area (Å²) in [5, 5.41) is 42.4. The summed E-state index contributed by atoms with van der Waals surface area (Å²) in [7, 11) is 1.49. The van der Waals surface area contributed by atoms with Crippen LogP contribution in [0.4, 0.5) is 0 Å². The van der Waals surface area contributed by atoms with E-state index in [4.69, 9.17) is 23.7 Å². The summed E-state index contributed by atoms with van der Waals surface area (Å²) < 4.78 is 30.4. The smallest absolute Gasteiger partial charge is 0.262 e. The van der Waals surface area contributed by atoms with E-state index in [0.29, 0.717) is 23.4 Å². The first kappa shape index (κ1) is 22.3. The van der Waals surface area contributed by atoms with Crippen LogP contribution in [0.1, 0.15) is 5.56 Å². The molecule has 0 saturated carbocycles. The molecule has 2 aromatic carbocycles. The van der Waals surface area contributed by atoms with E-state index in [1.165, 1.54) is 12.7 Å². The van der Waals surface area contributed by atoms with Gasteiger partial charge in [-0.25, -0.2) is 0 Å². The number of nitrogens with zero attached hydrogens (tertiary/aromatic N) is 1. The minimum Gasteiger partial charge on any atom is -0.493 e. The highest BCUT2D eigenvalue weighted by Crippen LogP contribution is 2.43. The van der Waals surface area contributed by atoms with Crippen molar-refractivity contribution in [3.05, 3.63) is 42.1 Å². The summed E-state index contributed by atoms with van der Waals surface area (Å²) in [6, 6.07) is 9.68. The number of rotatable bonds is 4. The van der Waals surface area contributed by atoms with Crippen LogP contribution >= 0.6 is 0 Å². The van der Waals surface area contributed by atoms with Gasteiger partial charge < -0.3 is 44.1 Å². The number of fused-ring (bicyclic) bond motifs is 5. The topological polar surface area (TPSA) is 131 Å². The average molecular weight is 484 g/mol. The van der Waals surface area contributed by atoms with Crippen molar-refractivity contribution in [2.45, 2.75) is 37.1 Å². The Balaban J connectivity index is 1.48. The molecule has 0 radical (unpaired) electrons. The van der Waals surface area contributed by atoms with Gasteiger partial charge in [-0.1, -0.05) is 0 Å². The number of aliphatic hydroxyl groups is 4. The van der Waals surface area contributed by atoms with E-state index in [9.17, 15) is 20.4 Å². The maximum atomic E-state index is 10.6. The second kappa shape index (κ2) is 8.21. The number of aliphatic hydroxyl groups excluding tert-OH is 4. The Morgan fingerprint density at radius 3 is 2.69 bits per heavy atom. The molecule has 1 aromatic heterocycles. The quantitative estimate of drug-likeness (QED) is 0.386. The first-order valence-electron chi connectivity index (χ1n) is 11.4. The average Bonchev–Trinajstić information content (AvgIpc) is 3.34. The predicted octanol–water partition coefficient (Wildman–Crippen LogP) is 0.268. The Morgan fingerprint density at radius 2 is 1.91 bits per heavy atom. The molecule has 3 aliphatic rings. The van der Waals surface area contributed by atoms with Gasteiger partial charge in [0.15, 0.2) is 35.7 Å². The largest absolute Gasteiger partial charge is 0.493 e. The molecule has 0 bridgehead atoms. The van der Waals surface area contributed by atoms with Gasteiger partial charge in [-0.15, -0.1) is 0 Å². The number of pyridine rings is 1. The highest BCUT2D eigenvalue weighted by atomic mass is 16.7. The van der Waals surface area contributed by atoms with E-state index in [1.54, 1.807) is 6.07 Å². The summed E-state index contributed by atoms with van der Waals surface area (Å²) in [5.74, 6) is 0.0946. The molecule has 3 aliphatic heterocycles. The minimum absolute atomic E-state index is 0.211. The zero-order valence-corrected chi connectivity index (χ0v) is 19.0. The summed E-state index contributed by atoms with van der Waals surface area (Å²) in [6.07, 6.45) is -1.83. The van der Waals surface area contributed by atoms with Gasteiger partial charge in [0.05, 0.1) is 24.7 Å². The van der Waals surface area contributed by atoms with Gasteiger partial charge in [-0.2, -0.15) is 4.57 Å². The second-order valence-electron chi connectivity index (χ2n) is 8.95. The molecular weight excluding hydrogens is 458 g/mol. The second-order valence-corrected chi connectivity index (χ2v) is 8.95. The maximum absolute atomic E-state index is 10.6. The van der Waals surface area contributed by atoms with Crippen LogP contribution in [-0.4, -0.2) is 71.6 Å². The van der Waals surface area contributed by atoms with Crippen LogP contribution in [0.15, 0.2) is 36.5 Å². The summed E-state index contributed by atoms with van der Waals surface area (Å²) >= 11 is 0. The molecule has 1 fully saturated rings. The van der Waals surface area contributed by atoms with E-state index in [0.717, 1.165) is 28.8 Å². The van der Waals surface area contributed by atoms with Gasteiger partial charge in [-0.3, -0.25) is 0 Å². The van der Waals surface area contributed by atoms with E-state index in [1.807, 2.05) is 30.5 Å². The van der Waals surface area contributed by atoms with Crippen LogP contribution in [-0.2, 0) is 17.7 Å². The molecule has 6 rings (SSSR count). The number of ether oxygens (including phenoxy) is 5. The van der Waals surface area contributed by atoms with E-state index >= 15 is 0 Å². The Labute approximate surface area is 200 Å². The van der Waals surface area contributed by atoms with Crippen molar-refractivity contribution in [2.24, 2.45) is 0 Å². The van der Waals surface area contributed by atoms with Crippen LogP contribution in [0, 0.1) is 0 Å². The molecule has 4 atom stereocenters. The fraction of sp³-hybridized carbons (Fsp3) is 0.400. The molecule has 0 unspecified atom stereocenters. The van der Waals surface area contributed by atoms with Gasteiger partial charge in [0.2, 0.25) is 12.5 Å². The normalized spacial score (nSPS) is 26.8. The molecule has 0 aliphatic carbocycles. The highest BCUT2D eigenvalue weighted by molar-refractivity contribution is 5.91. The van der Waals surface area contributed by atoms with Crippen molar-refractivity contribution in [3.63, 3.8) is 0 Å². The fourth-order valence-corrected chi connectivity index (χ4v) is 4.98. The highest BCUT2D eigenvalue weighted by Gasteiger charge is 2.52. The molecule has 35 heavy (non-hydrogen) atoms. The Morgan fingerprint density at radius 1 is 1.11 bits per heavy atom. The van der Waals surface area contributed by atoms with Crippen molar-refractivity contribution in [3.8, 4) is 34.3 Å². The lowest BCUT2D eigenvalue weighted by molar-refractivity contribution is -0.686. The number of hydrogen-bond donors (Lipinski definition) is 4. The van der Waals surface area contributed by atoms with Crippen molar-refractivity contribution in [1.29, 1.82) is 0 Å². The molecule has 3 aromatic rings. The van der Waals surface area contributed by atoms with Crippen LogP contribution in [0.2, 0.25) is 0 Å². The lowest BCUT2D eigenvalue weighted by atomic mass is 9.95. The van der Waals surface area contributed by atoms with Crippen molar-refractivity contribution >= 4 is 10.8 Å². The van der Waals surface area contributed by atoms with Crippen LogP contribution in [0.5, 0.6) is 23.0 Å². The van der Waals surface area contributed by atoms with Gasteiger partial charge in [0.1, 0.15) is 24.9 Å². The molecule has 184 valence electrons. The van der Waals surface area contributed by atoms with Gasteiger partial charge in [0.25, 0.3) is 5.79 Å². The molecular formula is C25H26NO9+. The third-order valence-electron chi connectivity index (χ3n) is 6.96. The molecule has 0 spiro atoms. The number of aryl methyl sites for hydroxylation is 2. The summed E-state index contributed by atoms with van der Waals surface area (Å²) in [6.45, 7) is -0.147. The third-order valence-corrected chi connectivity index (χ3v) is 6.96.